The van der Waals surface area contributed by atoms with Crippen molar-refractivity contribution >= 4 is 12.0 Å². The van der Waals surface area contributed by atoms with Crippen LogP contribution >= 0.6 is 0 Å². The molecule has 1 atom stereocenters. The normalized spacial score (nSPS) is 20.6. The molecule has 3 heteroatoms. The molecule has 3 nitrogen and oxygen atoms in total. The van der Waals surface area contributed by atoms with Crippen LogP contribution in [-0.2, 0) is 14.3 Å². The summed E-state index contributed by atoms with van der Waals surface area (Å²) < 4.78 is 11.0. The van der Waals surface area contributed by atoms with Gasteiger partial charge in [-0.1, -0.05) is 72.3 Å². The molecule has 0 spiro atoms. The zero-order valence-electron chi connectivity index (χ0n) is 17.7. The molecule has 0 unspecified atom stereocenters. The quantitative estimate of drug-likeness (QED) is 0.573. The molecule has 4 rings (SSSR count). The minimum atomic E-state index is -0.298. The zero-order chi connectivity index (χ0) is 20.9. The molecule has 0 aromatic heterocycles. The topological polar surface area (TPSA) is 35.5 Å². The highest BCUT2D eigenvalue weighted by molar-refractivity contribution is 5.92. The Morgan fingerprint density at radius 2 is 1.60 bits per heavy atom. The Kier molecular flexibility index (Phi) is 6.18. The number of hydrogen-bond donors (Lipinski definition) is 0. The molecule has 0 fully saturated rings. The number of rotatable bonds is 4. The molecule has 154 valence electrons. The van der Waals surface area contributed by atoms with E-state index in [2.05, 4.69) is 42.5 Å². The molecule has 0 saturated heterocycles. The van der Waals surface area contributed by atoms with Crippen LogP contribution < -0.4 is 0 Å². The molecule has 0 heterocycles. The Morgan fingerprint density at radius 1 is 0.900 bits per heavy atom. The lowest BCUT2D eigenvalue weighted by molar-refractivity contribution is -0.136. The van der Waals surface area contributed by atoms with E-state index >= 15 is 0 Å². The van der Waals surface area contributed by atoms with Crippen LogP contribution in [0, 0.1) is 0 Å². The maximum Gasteiger partial charge on any atom is 0.338 e. The highest BCUT2D eigenvalue weighted by Crippen LogP contribution is 2.47. The summed E-state index contributed by atoms with van der Waals surface area (Å²) in [5.41, 5.74) is 7.08. The molecule has 2 aromatic rings. The number of benzene rings is 2. The van der Waals surface area contributed by atoms with Crippen LogP contribution in [0.3, 0.4) is 0 Å². The predicted molar refractivity (Wildman–Crippen MR) is 120 cm³/mol. The molecular weight excluding hydrogens is 372 g/mol. The molecule has 0 amide bonds. The largest absolute Gasteiger partial charge is 0.500 e. The summed E-state index contributed by atoms with van der Waals surface area (Å²) in [4.78, 5) is 12.9. The average molecular weight is 401 g/mol. The number of carbonyl (C=O) groups excluding carboxylic acids is 1. The first-order valence-corrected chi connectivity index (χ1v) is 10.6. The van der Waals surface area contributed by atoms with Gasteiger partial charge in [-0.3, -0.25) is 0 Å². The number of hydrogen-bond acceptors (Lipinski definition) is 3. The molecule has 0 bridgehead atoms. The van der Waals surface area contributed by atoms with E-state index in [1.54, 1.807) is 7.11 Å². The van der Waals surface area contributed by atoms with Crippen molar-refractivity contribution in [2.45, 2.75) is 38.0 Å². The lowest BCUT2D eigenvalue weighted by Crippen LogP contribution is -2.19. The SMILES string of the molecule is COC(=O)C1=C(OC)CCC2=C(CCC/C2=C\c2ccccc2)[C@@H]1c1ccccc1. The van der Waals surface area contributed by atoms with Crippen LogP contribution in [0.1, 0.15) is 49.1 Å². The van der Waals surface area contributed by atoms with Crippen molar-refractivity contribution in [3.63, 3.8) is 0 Å². The second kappa shape index (κ2) is 9.17. The Hall–Kier alpha value is -3.07. The van der Waals surface area contributed by atoms with Gasteiger partial charge >= 0.3 is 5.97 Å². The fraction of sp³-hybridized carbons (Fsp3) is 0.296. The zero-order valence-corrected chi connectivity index (χ0v) is 17.7. The van der Waals surface area contributed by atoms with Gasteiger partial charge in [0.25, 0.3) is 0 Å². The molecule has 0 N–H and O–H groups in total. The van der Waals surface area contributed by atoms with Crippen LogP contribution in [0.25, 0.3) is 6.08 Å². The number of ether oxygens (including phenoxy) is 2. The highest BCUT2D eigenvalue weighted by atomic mass is 16.5. The van der Waals surface area contributed by atoms with Gasteiger partial charge in [0.15, 0.2) is 0 Å². The van der Waals surface area contributed by atoms with Crippen molar-refractivity contribution in [1.82, 2.24) is 0 Å². The molecule has 2 aliphatic carbocycles. The van der Waals surface area contributed by atoms with Gasteiger partial charge in [-0.2, -0.15) is 0 Å². The number of allylic oxidation sites excluding steroid dienone is 4. The van der Waals surface area contributed by atoms with Gasteiger partial charge in [0, 0.05) is 12.3 Å². The first-order valence-electron chi connectivity index (χ1n) is 10.6. The third-order valence-corrected chi connectivity index (χ3v) is 6.13. The van der Waals surface area contributed by atoms with Gasteiger partial charge < -0.3 is 9.47 Å². The maximum atomic E-state index is 12.9. The summed E-state index contributed by atoms with van der Waals surface area (Å²) in [5.74, 6) is 0.309. The smallest absolute Gasteiger partial charge is 0.338 e. The summed E-state index contributed by atoms with van der Waals surface area (Å²) in [6, 6.07) is 20.8. The third kappa shape index (κ3) is 3.97. The second-order valence-electron chi connectivity index (χ2n) is 7.81. The van der Waals surface area contributed by atoms with E-state index in [4.69, 9.17) is 9.47 Å². The number of esters is 1. The van der Waals surface area contributed by atoms with Crippen LogP contribution in [0.5, 0.6) is 0 Å². The van der Waals surface area contributed by atoms with Gasteiger partial charge in [-0.25, -0.2) is 4.79 Å². The third-order valence-electron chi connectivity index (χ3n) is 6.13. The number of methoxy groups -OCH3 is 2. The molecule has 30 heavy (non-hydrogen) atoms. The molecule has 0 radical (unpaired) electrons. The number of carbonyl (C=O) groups is 1. The van der Waals surface area contributed by atoms with Gasteiger partial charge in [0.1, 0.15) is 5.76 Å². The highest BCUT2D eigenvalue weighted by Gasteiger charge is 2.36. The van der Waals surface area contributed by atoms with Gasteiger partial charge in [-0.15, -0.1) is 0 Å². The lowest BCUT2D eigenvalue weighted by atomic mass is 9.75. The van der Waals surface area contributed by atoms with Crippen LogP contribution in [0.2, 0.25) is 0 Å². The fourth-order valence-electron chi connectivity index (χ4n) is 4.80. The first kappa shape index (κ1) is 20.2. The Bertz CT molecular complexity index is 997. The van der Waals surface area contributed by atoms with Crippen LogP contribution in [-0.4, -0.2) is 20.2 Å². The lowest BCUT2D eigenvalue weighted by Gasteiger charge is -2.29. The fourth-order valence-corrected chi connectivity index (χ4v) is 4.80. The average Bonchev–Trinajstić information content (AvgIpc) is 2.97. The van der Waals surface area contributed by atoms with E-state index in [9.17, 15) is 4.79 Å². The van der Waals surface area contributed by atoms with Crippen molar-refractivity contribution in [1.29, 1.82) is 0 Å². The molecule has 2 aromatic carbocycles. The van der Waals surface area contributed by atoms with Crippen molar-refractivity contribution < 1.29 is 14.3 Å². The Labute approximate surface area is 178 Å². The summed E-state index contributed by atoms with van der Waals surface area (Å²) in [7, 11) is 3.11. The summed E-state index contributed by atoms with van der Waals surface area (Å²) in [5, 5.41) is 0. The van der Waals surface area contributed by atoms with Gasteiger partial charge in [-0.05, 0) is 48.0 Å². The minimum Gasteiger partial charge on any atom is -0.500 e. The van der Waals surface area contributed by atoms with E-state index in [0.29, 0.717) is 12.0 Å². The molecule has 0 aliphatic heterocycles. The molecule has 2 aliphatic rings. The molecular formula is C27H28O3. The summed E-state index contributed by atoms with van der Waals surface area (Å²) in [6.45, 7) is 0. The summed E-state index contributed by atoms with van der Waals surface area (Å²) in [6.07, 6.45) is 7.02. The van der Waals surface area contributed by atoms with E-state index < -0.39 is 0 Å². The van der Waals surface area contributed by atoms with Crippen molar-refractivity contribution in [3.05, 3.63) is 99.8 Å². The minimum absolute atomic E-state index is 0.134. The predicted octanol–water partition coefficient (Wildman–Crippen LogP) is 6.20. The monoisotopic (exact) mass is 400 g/mol. The second-order valence-corrected chi connectivity index (χ2v) is 7.81. The first-order chi connectivity index (χ1) is 14.7. The van der Waals surface area contributed by atoms with E-state index in [-0.39, 0.29) is 11.9 Å². The summed E-state index contributed by atoms with van der Waals surface area (Å²) >= 11 is 0. The van der Waals surface area contributed by atoms with Crippen LogP contribution in [0.15, 0.2) is 88.7 Å². The Morgan fingerprint density at radius 3 is 2.27 bits per heavy atom. The van der Waals surface area contributed by atoms with Crippen molar-refractivity contribution in [2.75, 3.05) is 14.2 Å². The van der Waals surface area contributed by atoms with E-state index in [1.165, 1.54) is 29.4 Å². The van der Waals surface area contributed by atoms with Crippen molar-refractivity contribution in [2.24, 2.45) is 0 Å². The van der Waals surface area contributed by atoms with E-state index in [0.717, 1.165) is 37.0 Å². The molecule has 0 saturated carbocycles. The maximum absolute atomic E-state index is 12.9. The Balaban J connectivity index is 1.90. The van der Waals surface area contributed by atoms with Gasteiger partial charge in [0.05, 0.1) is 19.8 Å². The van der Waals surface area contributed by atoms with Gasteiger partial charge in [0.2, 0.25) is 0 Å². The van der Waals surface area contributed by atoms with Crippen LogP contribution in [0.4, 0.5) is 0 Å². The van der Waals surface area contributed by atoms with E-state index in [1.807, 2.05) is 24.3 Å². The standard InChI is InChI=1S/C27H28O3/c1-29-24-17-16-22-21(18-19-10-5-3-6-11-19)14-9-15-23(22)25(26(24)27(28)30-2)20-12-7-4-8-13-20/h3-8,10-13,18,25H,9,14-17H2,1-2H3/b21-18+/t25-/m0/s1. The van der Waals surface area contributed by atoms with Crippen molar-refractivity contribution in [3.8, 4) is 0 Å².